The molecule has 0 saturated carbocycles. The topological polar surface area (TPSA) is 69.0 Å². The summed E-state index contributed by atoms with van der Waals surface area (Å²) in [7, 11) is 1.62. The summed E-state index contributed by atoms with van der Waals surface area (Å²) in [5, 5.41) is 13.3. The van der Waals surface area contributed by atoms with E-state index in [1.807, 2.05) is 34.9 Å². The number of rotatable bonds is 9. The van der Waals surface area contributed by atoms with Gasteiger partial charge in [0.1, 0.15) is 5.75 Å². The number of amides is 1. The van der Waals surface area contributed by atoms with E-state index in [4.69, 9.17) is 27.9 Å². The first kappa shape index (κ1) is 23.4. The van der Waals surface area contributed by atoms with Crippen molar-refractivity contribution in [3.8, 4) is 17.1 Å². The summed E-state index contributed by atoms with van der Waals surface area (Å²) in [6.07, 6.45) is 0. The van der Waals surface area contributed by atoms with E-state index < -0.39 is 0 Å². The van der Waals surface area contributed by atoms with Crippen LogP contribution in [-0.2, 0) is 17.9 Å². The Kier molecular flexibility index (Phi) is 8.23. The first-order chi connectivity index (χ1) is 14.9. The van der Waals surface area contributed by atoms with Gasteiger partial charge in [0.25, 0.3) is 0 Å². The molecule has 3 rings (SSSR count). The van der Waals surface area contributed by atoms with E-state index in [-0.39, 0.29) is 11.7 Å². The summed E-state index contributed by atoms with van der Waals surface area (Å²) in [5.74, 6) is 1.93. The Balaban J connectivity index is 1.69. The van der Waals surface area contributed by atoms with Crippen LogP contribution in [0.25, 0.3) is 11.4 Å². The molecule has 0 radical (unpaired) electrons. The van der Waals surface area contributed by atoms with E-state index in [2.05, 4.69) is 29.4 Å². The lowest BCUT2D eigenvalue weighted by atomic mass is 10.2. The van der Waals surface area contributed by atoms with Crippen molar-refractivity contribution < 1.29 is 9.53 Å². The van der Waals surface area contributed by atoms with Gasteiger partial charge in [0.2, 0.25) is 5.91 Å². The number of ether oxygens (including phenoxy) is 1. The van der Waals surface area contributed by atoms with Crippen LogP contribution >= 0.6 is 35.0 Å². The van der Waals surface area contributed by atoms with E-state index in [1.165, 1.54) is 11.8 Å². The van der Waals surface area contributed by atoms with Crippen LogP contribution in [0.4, 0.5) is 0 Å². The Hall–Kier alpha value is -2.22. The predicted octanol–water partition coefficient (Wildman–Crippen LogP) is 5.33. The Morgan fingerprint density at radius 1 is 1.19 bits per heavy atom. The third kappa shape index (κ3) is 6.38. The van der Waals surface area contributed by atoms with Crippen molar-refractivity contribution in [3.05, 3.63) is 58.1 Å². The molecule has 2 aromatic carbocycles. The summed E-state index contributed by atoms with van der Waals surface area (Å²) in [4.78, 5) is 12.4. The number of methoxy groups -OCH3 is 1. The van der Waals surface area contributed by atoms with Gasteiger partial charge >= 0.3 is 0 Å². The van der Waals surface area contributed by atoms with E-state index in [1.54, 1.807) is 19.2 Å². The van der Waals surface area contributed by atoms with Crippen LogP contribution in [0.1, 0.15) is 19.4 Å². The number of thioether (sulfide) groups is 1. The average Bonchev–Trinajstić information content (AvgIpc) is 3.12. The molecular formula is C22H24Cl2N4O2S. The zero-order valence-electron chi connectivity index (χ0n) is 17.6. The van der Waals surface area contributed by atoms with Crippen molar-refractivity contribution in [3.63, 3.8) is 0 Å². The first-order valence-electron chi connectivity index (χ1n) is 9.78. The number of hydrogen-bond donors (Lipinski definition) is 1. The second kappa shape index (κ2) is 10.9. The minimum absolute atomic E-state index is 0.0852. The Morgan fingerprint density at radius 2 is 2.00 bits per heavy atom. The molecule has 0 bridgehead atoms. The van der Waals surface area contributed by atoms with Crippen LogP contribution < -0.4 is 10.1 Å². The molecule has 1 amide bonds. The lowest BCUT2D eigenvalue weighted by molar-refractivity contribution is -0.118. The molecule has 0 aliphatic heterocycles. The van der Waals surface area contributed by atoms with Gasteiger partial charge in [0, 0.05) is 23.7 Å². The van der Waals surface area contributed by atoms with Crippen LogP contribution in [0.3, 0.4) is 0 Å². The Morgan fingerprint density at radius 3 is 2.71 bits per heavy atom. The van der Waals surface area contributed by atoms with Gasteiger partial charge in [-0.25, -0.2) is 0 Å². The van der Waals surface area contributed by atoms with Crippen molar-refractivity contribution >= 4 is 40.9 Å². The summed E-state index contributed by atoms with van der Waals surface area (Å²) >= 11 is 13.8. The van der Waals surface area contributed by atoms with Gasteiger partial charge in [-0.05, 0) is 41.8 Å². The predicted molar refractivity (Wildman–Crippen MR) is 126 cm³/mol. The van der Waals surface area contributed by atoms with Crippen LogP contribution in [0, 0.1) is 5.92 Å². The number of hydrogen-bond acceptors (Lipinski definition) is 5. The third-order valence-electron chi connectivity index (χ3n) is 4.39. The van der Waals surface area contributed by atoms with Crippen molar-refractivity contribution in [2.75, 3.05) is 12.9 Å². The number of nitrogens with one attached hydrogen (secondary N) is 1. The van der Waals surface area contributed by atoms with Gasteiger partial charge in [-0.2, -0.15) is 0 Å². The van der Waals surface area contributed by atoms with Crippen molar-refractivity contribution in [2.45, 2.75) is 32.1 Å². The molecule has 0 fully saturated rings. The van der Waals surface area contributed by atoms with Crippen molar-refractivity contribution in [1.29, 1.82) is 0 Å². The fourth-order valence-electron chi connectivity index (χ4n) is 2.96. The van der Waals surface area contributed by atoms with Crippen LogP contribution in [0.2, 0.25) is 10.0 Å². The molecule has 31 heavy (non-hydrogen) atoms. The Labute approximate surface area is 196 Å². The first-order valence-corrected chi connectivity index (χ1v) is 11.5. The monoisotopic (exact) mass is 478 g/mol. The molecular weight excluding hydrogens is 455 g/mol. The minimum Gasteiger partial charge on any atom is -0.497 e. The number of nitrogens with zero attached hydrogens (tertiary/aromatic N) is 3. The molecule has 0 aliphatic rings. The highest BCUT2D eigenvalue weighted by Gasteiger charge is 2.18. The molecule has 1 aromatic heterocycles. The largest absolute Gasteiger partial charge is 0.497 e. The van der Waals surface area contributed by atoms with E-state index in [0.717, 1.165) is 16.9 Å². The highest BCUT2D eigenvalue weighted by molar-refractivity contribution is 7.99. The Bertz CT molecular complexity index is 1060. The van der Waals surface area contributed by atoms with Gasteiger partial charge in [-0.3, -0.25) is 4.79 Å². The fourth-order valence-corrected chi connectivity index (χ4v) is 4.23. The summed E-state index contributed by atoms with van der Waals surface area (Å²) < 4.78 is 7.21. The molecule has 6 nitrogen and oxygen atoms in total. The molecule has 0 aliphatic carbocycles. The van der Waals surface area contributed by atoms with Crippen LogP contribution in [0.5, 0.6) is 5.75 Å². The van der Waals surface area contributed by atoms with Gasteiger partial charge in [0.05, 0.1) is 17.9 Å². The standard InChI is InChI=1S/C22H24Cl2N4O2S/c1-14(2)12-28-21(18-8-7-16(23)10-19(18)24)26-27-22(28)31-13-20(29)25-11-15-5-4-6-17(9-15)30-3/h4-10,14H,11-13H2,1-3H3,(H,25,29). The number of aromatic nitrogens is 3. The van der Waals surface area contributed by atoms with Crippen LogP contribution in [-0.4, -0.2) is 33.5 Å². The second-order valence-corrected chi connectivity index (χ2v) is 9.14. The highest BCUT2D eigenvalue weighted by atomic mass is 35.5. The van der Waals surface area contributed by atoms with Gasteiger partial charge in [-0.1, -0.05) is 60.9 Å². The van der Waals surface area contributed by atoms with Gasteiger partial charge in [-0.15, -0.1) is 10.2 Å². The maximum absolute atomic E-state index is 12.4. The number of carbonyl (C=O) groups is 1. The minimum atomic E-state index is -0.0852. The summed E-state index contributed by atoms with van der Waals surface area (Å²) in [6, 6.07) is 12.9. The number of benzene rings is 2. The van der Waals surface area contributed by atoms with Crippen molar-refractivity contribution in [2.24, 2.45) is 5.92 Å². The maximum atomic E-state index is 12.4. The molecule has 0 spiro atoms. The molecule has 0 atom stereocenters. The zero-order chi connectivity index (χ0) is 22.4. The van der Waals surface area contributed by atoms with Gasteiger partial charge < -0.3 is 14.6 Å². The highest BCUT2D eigenvalue weighted by Crippen LogP contribution is 2.32. The molecule has 1 N–H and O–H groups in total. The third-order valence-corrected chi connectivity index (χ3v) is 5.91. The van der Waals surface area contributed by atoms with Crippen LogP contribution in [0.15, 0.2) is 47.6 Å². The quantitative estimate of drug-likeness (QED) is 0.421. The zero-order valence-corrected chi connectivity index (χ0v) is 19.9. The summed E-state index contributed by atoms with van der Waals surface area (Å²) in [5.41, 5.74) is 1.73. The average molecular weight is 479 g/mol. The molecule has 0 unspecified atom stereocenters. The molecule has 0 saturated heterocycles. The second-order valence-electron chi connectivity index (χ2n) is 7.35. The lowest BCUT2D eigenvalue weighted by Crippen LogP contribution is -2.24. The maximum Gasteiger partial charge on any atom is 0.230 e. The molecule has 1 heterocycles. The lowest BCUT2D eigenvalue weighted by Gasteiger charge is -2.13. The van der Waals surface area contributed by atoms with E-state index >= 15 is 0 Å². The molecule has 3 aromatic rings. The normalized spacial score (nSPS) is 11.0. The smallest absolute Gasteiger partial charge is 0.230 e. The molecule has 9 heteroatoms. The molecule has 164 valence electrons. The number of carbonyl (C=O) groups excluding carboxylic acids is 1. The fraction of sp³-hybridized carbons (Fsp3) is 0.318. The summed E-state index contributed by atoms with van der Waals surface area (Å²) in [6.45, 7) is 5.36. The van der Waals surface area contributed by atoms with E-state index in [9.17, 15) is 4.79 Å². The van der Waals surface area contributed by atoms with E-state index in [0.29, 0.717) is 40.0 Å². The van der Waals surface area contributed by atoms with Gasteiger partial charge in [0.15, 0.2) is 11.0 Å². The SMILES string of the molecule is COc1cccc(CNC(=O)CSc2nnc(-c3ccc(Cl)cc3Cl)n2CC(C)C)c1. The van der Waals surface area contributed by atoms with Crippen molar-refractivity contribution in [1.82, 2.24) is 20.1 Å². The number of halogens is 2.